The van der Waals surface area contributed by atoms with E-state index in [-0.39, 0.29) is 0 Å². The van der Waals surface area contributed by atoms with Gasteiger partial charge in [0.05, 0.1) is 0 Å². The van der Waals surface area contributed by atoms with Crippen LogP contribution in [0.2, 0.25) is 0 Å². The van der Waals surface area contributed by atoms with Crippen molar-refractivity contribution in [3.8, 4) is 0 Å². The number of rotatable bonds is 1. The van der Waals surface area contributed by atoms with E-state index < -0.39 is 10.2 Å². The molecule has 0 saturated heterocycles. The Morgan fingerprint density at radius 3 is 1.86 bits per heavy atom. The molecule has 0 saturated carbocycles. The minimum absolute atomic E-state index is 1.25. The van der Waals surface area contributed by atoms with Gasteiger partial charge in [-0.2, -0.15) is 0 Å². The topological polar surface area (TPSA) is 63.3 Å². The van der Waals surface area contributed by atoms with E-state index in [2.05, 4.69) is 25.3 Å². The first-order chi connectivity index (χ1) is 2.94. The predicted octanol–water partition coefficient (Wildman–Crippen LogP) is -0.457. The fraction of sp³-hybridized carbons (Fsp3) is 0.500. The summed E-state index contributed by atoms with van der Waals surface area (Å²) in [5.74, 6) is -1.25. The van der Waals surface area contributed by atoms with E-state index >= 15 is 0 Å². The van der Waals surface area contributed by atoms with E-state index in [0.717, 1.165) is 0 Å². The largest absolute Gasteiger partial charge is 0.479 e. The maximum Gasteiger partial charge on any atom is 0.344 e. The summed E-state index contributed by atoms with van der Waals surface area (Å²) in [5.41, 5.74) is 4.81. The first-order valence-electron chi connectivity index (χ1n) is 1.41. The van der Waals surface area contributed by atoms with Crippen molar-refractivity contribution >= 4 is 31.2 Å². The highest BCUT2D eigenvalue weighted by atomic mass is 32.2. The van der Waals surface area contributed by atoms with Crippen LogP contribution in [0, 0.1) is 0 Å². The molecule has 3 N–H and O–H groups in total. The van der Waals surface area contributed by atoms with Crippen LogP contribution in [0.5, 0.6) is 0 Å². The Morgan fingerprint density at radius 2 is 1.86 bits per heavy atom. The minimum atomic E-state index is -1.69. The summed E-state index contributed by atoms with van der Waals surface area (Å²) in [7, 11) is 0. The second-order valence-electron chi connectivity index (χ2n) is 1.03. The van der Waals surface area contributed by atoms with Crippen LogP contribution in [-0.4, -0.2) is 15.3 Å². The lowest BCUT2D eigenvalue weighted by Gasteiger charge is -2.06. The minimum Gasteiger partial charge on any atom is -0.479 e. The molecule has 0 aliphatic carbocycles. The van der Waals surface area contributed by atoms with Crippen molar-refractivity contribution in [2.45, 2.75) is 4.20 Å². The molecule has 0 unspecified atom stereocenters. The van der Waals surface area contributed by atoms with Crippen molar-refractivity contribution in [3.05, 3.63) is 0 Å². The van der Waals surface area contributed by atoms with Gasteiger partial charge in [0.25, 0.3) is 0 Å². The number of thiol groups is 2. The highest BCUT2D eigenvalue weighted by molar-refractivity contribution is 8.01. The third-order valence-corrected chi connectivity index (χ3v) is 0.697. The zero-order chi connectivity index (χ0) is 6.08. The molecule has 0 rings (SSSR count). The van der Waals surface area contributed by atoms with Crippen LogP contribution in [0.15, 0.2) is 0 Å². The second kappa shape index (κ2) is 1.94. The predicted molar refractivity (Wildman–Crippen MR) is 32.5 cm³/mol. The second-order valence-corrected chi connectivity index (χ2v) is 2.79. The monoisotopic (exact) mass is 139 g/mol. The molecule has 0 atom stereocenters. The number of carbonyl (C=O) groups is 1. The maximum absolute atomic E-state index is 9.74. The third-order valence-electron chi connectivity index (χ3n) is 0.315. The molecule has 0 amide bonds. The van der Waals surface area contributed by atoms with Gasteiger partial charge in [-0.05, 0) is 0 Å². The van der Waals surface area contributed by atoms with Gasteiger partial charge in [0.2, 0.25) is 4.20 Å². The molecule has 0 bridgehead atoms. The average molecular weight is 139 g/mol. The Hall–Kier alpha value is 0.130. The summed E-state index contributed by atoms with van der Waals surface area (Å²) in [4.78, 5) is 9.74. The summed E-state index contributed by atoms with van der Waals surface area (Å²) in [6, 6.07) is 0. The molecule has 0 radical (unpaired) electrons. The van der Waals surface area contributed by atoms with Crippen molar-refractivity contribution in [2.24, 2.45) is 5.73 Å². The van der Waals surface area contributed by atoms with Gasteiger partial charge in [0.15, 0.2) is 0 Å². The van der Waals surface area contributed by atoms with Gasteiger partial charge in [0.1, 0.15) is 0 Å². The molecule has 0 heterocycles. The first kappa shape index (κ1) is 7.13. The van der Waals surface area contributed by atoms with Gasteiger partial charge in [-0.3, -0.25) is 5.73 Å². The van der Waals surface area contributed by atoms with Gasteiger partial charge in [-0.1, -0.05) is 0 Å². The van der Waals surface area contributed by atoms with Crippen LogP contribution < -0.4 is 5.73 Å². The van der Waals surface area contributed by atoms with Gasteiger partial charge >= 0.3 is 5.97 Å². The van der Waals surface area contributed by atoms with Crippen LogP contribution >= 0.6 is 25.3 Å². The molecular weight excluding hydrogens is 134 g/mol. The van der Waals surface area contributed by atoms with E-state index in [1.165, 1.54) is 0 Å². The quantitative estimate of drug-likeness (QED) is 0.294. The fourth-order valence-corrected chi connectivity index (χ4v) is 0. The number of hydrogen-bond acceptors (Lipinski definition) is 4. The van der Waals surface area contributed by atoms with E-state index in [1.54, 1.807) is 0 Å². The van der Waals surface area contributed by atoms with Crippen molar-refractivity contribution < 1.29 is 9.90 Å². The summed E-state index contributed by atoms with van der Waals surface area (Å²) in [5, 5.41) is 7.97. The van der Waals surface area contributed by atoms with Crippen molar-refractivity contribution in [1.29, 1.82) is 0 Å². The molecule has 0 aliphatic rings. The standard InChI is InChI=1S/C2H5NO2S2/c3-2(6,7)1(4)5/h6-7H,3H2,(H,4,5). The molecule has 3 nitrogen and oxygen atoms in total. The Bertz CT molecular complexity index is 86.2. The molecule has 7 heavy (non-hydrogen) atoms. The molecule has 0 spiro atoms. The summed E-state index contributed by atoms with van der Waals surface area (Å²) < 4.78 is -1.69. The lowest BCUT2D eigenvalue weighted by atomic mass is 10.7. The van der Waals surface area contributed by atoms with Crippen molar-refractivity contribution in [1.82, 2.24) is 0 Å². The normalized spacial score (nSPS) is 11.3. The maximum atomic E-state index is 9.74. The van der Waals surface area contributed by atoms with Gasteiger partial charge in [0, 0.05) is 0 Å². The zero-order valence-corrected chi connectivity index (χ0v) is 5.12. The Morgan fingerprint density at radius 1 is 1.71 bits per heavy atom. The van der Waals surface area contributed by atoms with Gasteiger partial charge < -0.3 is 5.11 Å². The Labute approximate surface area is 51.7 Å². The van der Waals surface area contributed by atoms with Crippen LogP contribution in [0.4, 0.5) is 0 Å². The van der Waals surface area contributed by atoms with Crippen LogP contribution in [-0.2, 0) is 4.79 Å². The molecule has 0 fully saturated rings. The van der Waals surface area contributed by atoms with E-state index in [0.29, 0.717) is 0 Å². The summed E-state index contributed by atoms with van der Waals surface area (Å²) in [6.07, 6.45) is 0. The molecule has 5 heteroatoms. The van der Waals surface area contributed by atoms with Gasteiger partial charge in [-0.15, -0.1) is 25.3 Å². The lowest BCUT2D eigenvalue weighted by Crippen LogP contribution is -2.35. The summed E-state index contributed by atoms with van der Waals surface area (Å²) >= 11 is 6.78. The molecule has 0 aromatic heterocycles. The molecular formula is C2H5NO2S2. The number of carboxylic acids is 1. The highest BCUT2D eigenvalue weighted by Crippen LogP contribution is 2.09. The fourth-order valence-electron chi connectivity index (χ4n) is 0. The lowest BCUT2D eigenvalue weighted by molar-refractivity contribution is -0.137. The Kier molecular flexibility index (Phi) is 1.97. The van der Waals surface area contributed by atoms with E-state index in [9.17, 15) is 4.79 Å². The zero-order valence-electron chi connectivity index (χ0n) is 3.33. The smallest absolute Gasteiger partial charge is 0.344 e. The van der Waals surface area contributed by atoms with Gasteiger partial charge in [-0.25, -0.2) is 4.79 Å². The van der Waals surface area contributed by atoms with E-state index in [1.807, 2.05) is 0 Å². The summed E-state index contributed by atoms with van der Waals surface area (Å²) in [6.45, 7) is 0. The number of carboxylic acid groups (broad SMARTS) is 1. The number of nitrogens with two attached hydrogens (primary N) is 1. The number of hydrogen-bond donors (Lipinski definition) is 4. The molecule has 0 aromatic carbocycles. The average Bonchev–Trinajstić information content (AvgIpc) is 1.31. The SMILES string of the molecule is NC(S)(S)C(=O)O. The molecule has 0 aromatic rings. The molecule has 42 valence electrons. The Balaban J connectivity index is 3.79. The van der Waals surface area contributed by atoms with E-state index in [4.69, 9.17) is 10.8 Å². The van der Waals surface area contributed by atoms with Crippen LogP contribution in [0.1, 0.15) is 0 Å². The van der Waals surface area contributed by atoms with Crippen LogP contribution in [0.25, 0.3) is 0 Å². The first-order valence-corrected chi connectivity index (χ1v) is 2.31. The number of aliphatic carboxylic acids is 1. The molecule has 0 aliphatic heterocycles. The van der Waals surface area contributed by atoms with Crippen LogP contribution in [0.3, 0.4) is 0 Å². The third kappa shape index (κ3) is 2.78. The van der Waals surface area contributed by atoms with Crippen molar-refractivity contribution in [2.75, 3.05) is 0 Å². The highest BCUT2D eigenvalue weighted by Gasteiger charge is 2.22. The van der Waals surface area contributed by atoms with Crippen molar-refractivity contribution in [3.63, 3.8) is 0 Å².